The number of hydrogen-bond acceptors (Lipinski definition) is 2. The van der Waals surface area contributed by atoms with Gasteiger partial charge < -0.3 is 5.11 Å². The third-order valence-corrected chi connectivity index (χ3v) is 1.55. The average Bonchev–Trinajstić information content (AvgIpc) is 2.18. The van der Waals surface area contributed by atoms with Crippen LogP contribution in [0.1, 0.15) is 13.8 Å². The van der Waals surface area contributed by atoms with E-state index in [1.165, 1.54) is 12.2 Å². The maximum Gasteiger partial charge on any atom is 0.184 e. The zero-order valence-electron chi connectivity index (χ0n) is 6.74. The van der Waals surface area contributed by atoms with Crippen LogP contribution >= 0.6 is 0 Å². The van der Waals surface area contributed by atoms with E-state index < -0.39 is 6.10 Å². The molecule has 0 aliphatic heterocycles. The van der Waals surface area contributed by atoms with Crippen molar-refractivity contribution in [2.24, 2.45) is 5.92 Å². The number of aliphatic hydroxyl groups is 1. The fraction of sp³-hybridized carbons (Fsp3) is 0.444. The molecule has 11 heavy (non-hydrogen) atoms. The lowest BCUT2D eigenvalue weighted by atomic mass is 10.1. The maximum atomic E-state index is 11.0. The third kappa shape index (κ3) is 1.77. The predicted molar refractivity (Wildman–Crippen MR) is 43.1 cm³/mol. The van der Waals surface area contributed by atoms with Gasteiger partial charge in [0.2, 0.25) is 0 Å². The van der Waals surface area contributed by atoms with Gasteiger partial charge in [-0.3, -0.25) is 4.79 Å². The van der Waals surface area contributed by atoms with E-state index in [0.29, 0.717) is 11.5 Å². The standard InChI is InChI=1S/C9H12O2/c1-6(2)5-7-8(10)3-4-9(7)11/h3-6,8,10H,1-2H3/b7-5+. The van der Waals surface area contributed by atoms with Crippen LogP contribution in [-0.4, -0.2) is 17.0 Å². The van der Waals surface area contributed by atoms with Crippen LogP contribution in [0.25, 0.3) is 0 Å². The molecule has 0 saturated heterocycles. The summed E-state index contributed by atoms with van der Waals surface area (Å²) in [6.07, 6.45) is 4.05. The molecule has 1 unspecified atom stereocenters. The zero-order valence-corrected chi connectivity index (χ0v) is 6.74. The van der Waals surface area contributed by atoms with Crippen LogP contribution in [0.3, 0.4) is 0 Å². The summed E-state index contributed by atoms with van der Waals surface area (Å²) in [5.74, 6) is 0.245. The van der Waals surface area contributed by atoms with Gasteiger partial charge in [-0.1, -0.05) is 19.9 Å². The molecule has 0 aromatic heterocycles. The molecule has 2 heteroatoms. The zero-order chi connectivity index (χ0) is 8.43. The Balaban J connectivity index is 2.81. The number of carbonyl (C=O) groups excluding carboxylic acids is 1. The first kappa shape index (κ1) is 8.21. The van der Waals surface area contributed by atoms with Crippen LogP contribution < -0.4 is 0 Å². The molecule has 60 valence electrons. The number of hydrogen-bond donors (Lipinski definition) is 1. The molecule has 0 heterocycles. The molecule has 0 fully saturated rings. The molecule has 1 atom stereocenters. The summed E-state index contributed by atoms with van der Waals surface area (Å²) >= 11 is 0. The first-order valence-electron chi connectivity index (χ1n) is 3.73. The average molecular weight is 152 g/mol. The van der Waals surface area contributed by atoms with Gasteiger partial charge in [0.25, 0.3) is 0 Å². The molecule has 0 bridgehead atoms. The maximum absolute atomic E-state index is 11.0. The van der Waals surface area contributed by atoms with Crippen LogP contribution in [0.5, 0.6) is 0 Å². The minimum absolute atomic E-state index is 0.0637. The molecule has 1 N–H and O–H groups in total. The van der Waals surface area contributed by atoms with Gasteiger partial charge in [0.1, 0.15) is 6.10 Å². The van der Waals surface area contributed by atoms with E-state index in [0.717, 1.165) is 0 Å². The molecule has 0 spiro atoms. The minimum Gasteiger partial charge on any atom is -0.384 e. The van der Waals surface area contributed by atoms with Crippen LogP contribution in [0, 0.1) is 5.92 Å². The van der Waals surface area contributed by atoms with Crippen molar-refractivity contribution in [1.82, 2.24) is 0 Å². The van der Waals surface area contributed by atoms with Crippen molar-refractivity contribution in [3.63, 3.8) is 0 Å². The highest BCUT2D eigenvalue weighted by Crippen LogP contribution is 2.16. The van der Waals surface area contributed by atoms with Crippen LogP contribution in [0.2, 0.25) is 0 Å². The lowest BCUT2D eigenvalue weighted by molar-refractivity contribution is -0.111. The monoisotopic (exact) mass is 152 g/mol. The minimum atomic E-state index is -0.676. The summed E-state index contributed by atoms with van der Waals surface area (Å²) in [7, 11) is 0. The molecule has 1 aliphatic carbocycles. The second-order valence-corrected chi connectivity index (χ2v) is 3.03. The largest absolute Gasteiger partial charge is 0.384 e. The van der Waals surface area contributed by atoms with Gasteiger partial charge in [-0.2, -0.15) is 0 Å². The number of rotatable bonds is 1. The van der Waals surface area contributed by atoms with Crippen molar-refractivity contribution >= 4 is 5.78 Å². The Morgan fingerprint density at radius 1 is 1.64 bits per heavy atom. The molecule has 1 rings (SSSR count). The van der Waals surface area contributed by atoms with Gasteiger partial charge in [-0.15, -0.1) is 0 Å². The van der Waals surface area contributed by atoms with Gasteiger partial charge in [0, 0.05) is 5.57 Å². The normalized spacial score (nSPS) is 27.5. The Hall–Kier alpha value is -0.890. The van der Waals surface area contributed by atoms with E-state index in [1.54, 1.807) is 6.08 Å². The fourth-order valence-corrected chi connectivity index (χ4v) is 1.06. The SMILES string of the molecule is CC(C)/C=C1/C(=O)C=CC1O. The molecule has 1 aliphatic rings. The highest BCUT2D eigenvalue weighted by Gasteiger charge is 2.20. The van der Waals surface area contributed by atoms with E-state index in [-0.39, 0.29) is 5.78 Å². The number of allylic oxidation sites excluding steroid dienone is 2. The van der Waals surface area contributed by atoms with Crippen molar-refractivity contribution < 1.29 is 9.90 Å². The summed E-state index contributed by atoms with van der Waals surface area (Å²) in [6, 6.07) is 0. The molecular formula is C9H12O2. The van der Waals surface area contributed by atoms with E-state index >= 15 is 0 Å². The molecule has 0 radical (unpaired) electrons. The third-order valence-electron chi connectivity index (χ3n) is 1.55. The van der Waals surface area contributed by atoms with Crippen molar-refractivity contribution in [3.8, 4) is 0 Å². The predicted octanol–water partition coefficient (Wildman–Crippen LogP) is 1.07. The van der Waals surface area contributed by atoms with Crippen LogP contribution in [-0.2, 0) is 4.79 Å². The van der Waals surface area contributed by atoms with Crippen molar-refractivity contribution in [1.29, 1.82) is 0 Å². The van der Waals surface area contributed by atoms with Gasteiger partial charge in [0.05, 0.1) is 0 Å². The summed E-state index contributed by atoms with van der Waals surface area (Å²) in [5, 5.41) is 9.23. The summed E-state index contributed by atoms with van der Waals surface area (Å²) in [6.45, 7) is 3.96. The van der Waals surface area contributed by atoms with Gasteiger partial charge in [-0.25, -0.2) is 0 Å². The lowest BCUT2D eigenvalue weighted by Crippen LogP contribution is -2.08. The lowest BCUT2D eigenvalue weighted by Gasteiger charge is -2.03. The van der Waals surface area contributed by atoms with E-state index in [9.17, 15) is 9.90 Å². The van der Waals surface area contributed by atoms with Gasteiger partial charge in [0.15, 0.2) is 5.78 Å². The summed E-state index contributed by atoms with van der Waals surface area (Å²) in [4.78, 5) is 11.0. The Morgan fingerprint density at radius 3 is 2.64 bits per heavy atom. The van der Waals surface area contributed by atoms with E-state index in [1.807, 2.05) is 13.8 Å². The Labute approximate surface area is 66.2 Å². The summed E-state index contributed by atoms with van der Waals surface area (Å²) in [5.41, 5.74) is 0.514. The molecule has 0 aromatic rings. The molecule has 0 aromatic carbocycles. The Kier molecular flexibility index (Phi) is 2.25. The van der Waals surface area contributed by atoms with Crippen molar-refractivity contribution in [3.05, 3.63) is 23.8 Å². The first-order chi connectivity index (χ1) is 5.11. The van der Waals surface area contributed by atoms with Crippen LogP contribution in [0.15, 0.2) is 23.8 Å². The molecule has 0 saturated carbocycles. The van der Waals surface area contributed by atoms with Gasteiger partial charge in [-0.05, 0) is 18.1 Å². The fourth-order valence-electron chi connectivity index (χ4n) is 1.06. The molecule has 0 amide bonds. The number of carbonyl (C=O) groups is 1. The molecule has 2 nitrogen and oxygen atoms in total. The van der Waals surface area contributed by atoms with Gasteiger partial charge >= 0.3 is 0 Å². The second kappa shape index (κ2) is 3.01. The van der Waals surface area contributed by atoms with E-state index in [2.05, 4.69) is 0 Å². The van der Waals surface area contributed by atoms with Crippen molar-refractivity contribution in [2.75, 3.05) is 0 Å². The second-order valence-electron chi connectivity index (χ2n) is 3.03. The Morgan fingerprint density at radius 2 is 2.27 bits per heavy atom. The Bertz CT molecular complexity index is 224. The highest BCUT2D eigenvalue weighted by atomic mass is 16.3. The first-order valence-corrected chi connectivity index (χ1v) is 3.73. The van der Waals surface area contributed by atoms with E-state index in [4.69, 9.17) is 0 Å². The van der Waals surface area contributed by atoms with Crippen molar-refractivity contribution in [2.45, 2.75) is 20.0 Å². The van der Waals surface area contributed by atoms with Crippen LogP contribution in [0.4, 0.5) is 0 Å². The number of ketones is 1. The highest BCUT2D eigenvalue weighted by molar-refractivity contribution is 6.07. The topological polar surface area (TPSA) is 37.3 Å². The summed E-state index contributed by atoms with van der Waals surface area (Å²) < 4.78 is 0. The smallest absolute Gasteiger partial charge is 0.184 e. The number of aliphatic hydroxyl groups excluding tert-OH is 1. The quantitative estimate of drug-likeness (QED) is 0.570. The molecular weight excluding hydrogens is 140 g/mol.